The van der Waals surface area contributed by atoms with Crippen LogP contribution in [0.4, 0.5) is 0 Å². The van der Waals surface area contributed by atoms with Crippen LogP contribution in [0.3, 0.4) is 0 Å². The molecule has 0 N–H and O–H groups in total. The average molecular weight is 422 g/mol. The van der Waals surface area contributed by atoms with Gasteiger partial charge in [-0.2, -0.15) is 0 Å². The Morgan fingerprint density at radius 2 is 1.48 bits per heavy atom. The number of rotatable bonds is 1. The molecule has 31 heavy (non-hydrogen) atoms. The first-order valence-corrected chi connectivity index (χ1v) is 14.7. The molecule has 0 saturated heterocycles. The fraction of sp³-hybridized carbons (Fsp3) is 0.250. The third-order valence-electron chi connectivity index (χ3n) is 7.31. The fourth-order valence-electron chi connectivity index (χ4n) is 5.40. The number of hydrogen-bond acceptors (Lipinski definition) is 0. The molecule has 0 unspecified atom stereocenters. The van der Waals surface area contributed by atoms with Crippen LogP contribution >= 0.6 is 0 Å². The van der Waals surface area contributed by atoms with E-state index in [1.807, 2.05) is 0 Å². The van der Waals surface area contributed by atoms with Gasteiger partial charge in [0, 0.05) is 16.8 Å². The molecule has 0 atom stereocenters. The molecule has 6 rings (SSSR count). The van der Waals surface area contributed by atoms with Crippen molar-refractivity contribution < 1.29 is 4.57 Å². The van der Waals surface area contributed by atoms with E-state index < -0.39 is 8.07 Å². The lowest BCUT2D eigenvalue weighted by Crippen LogP contribution is -2.38. The van der Waals surface area contributed by atoms with Crippen molar-refractivity contribution in [1.29, 1.82) is 0 Å². The van der Waals surface area contributed by atoms with Crippen LogP contribution in [0.25, 0.3) is 49.0 Å². The van der Waals surface area contributed by atoms with E-state index in [1.165, 1.54) is 70.9 Å². The minimum atomic E-state index is -1.48. The Kier molecular flexibility index (Phi) is 3.56. The molecule has 0 aliphatic carbocycles. The Morgan fingerprint density at radius 1 is 0.742 bits per heavy atom. The molecule has 0 spiro atoms. The zero-order chi connectivity index (χ0) is 21.8. The van der Waals surface area contributed by atoms with Gasteiger partial charge in [-0.3, -0.25) is 0 Å². The number of hydrogen-bond donors (Lipinski definition) is 0. The van der Waals surface area contributed by atoms with Gasteiger partial charge in [-0.25, -0.2) is 4.57 Å². The first-order chi connectivity index (χ1) is 14.7. The molecule has 3 aromatic heterocycles. The second kappa shape index (κ2) is 5.86. The summed E-state index contributed by atoms with van der Waals surface area (Å²) >= 11 is 0. The number of aromatic nitrogens is 2. The number of benzene rings is 3. The van der Waals surface area contributed by atoms with Crippen LogP contribution in [0.2, 0.25) is 19.6 Å². The van der Waals surface area contributed by atoms with Crippen molar-refractivity contribution in [3.05, 3.63) is 65.4 Å². The van der Waals surface area contributed by atoms with Gasteiger partial charge in [-0.15, -0.1) is 0 Å². The van der Waals surface area contributed by atoms with E-state index >= 15 is 0 Å². The van der Waals surface area contributed by atoms with Gasteiger partial charge in [-0.1, -0.05) is 43.0 Å². The Balaban J connectivity index is 2.06. The molecule has 0 saturated carbocycles. The summed E-state index contributed by atoms with van der Waals surface area (Å²) in [7, 11) is 0.712. The summed E-state index contributed by atoms with van der Waals surface area (Å²) in [5.41, 5.74) is 9.44. The molecule has 3 aromatic carbocycles. The first-order valence-electron chi connectivity index (χ1n) is 11.2. The lowest BCUT2D eigenvalue weighted by Gasteiger charge is -2.20. The van der Waals surface area contributed by atoms with Crippen molar-refractivity contribution in [2.45, 2.75) is 40.4 Å². The Morgan fingerprint density at radius 3 is 2.23 bits per heavy atom. The van der Waals surface area contributed by atoms with E-state index in [0.717, 1.165) is 0 Å². The van der Waals surface area contributed by atoms with Gasteiger partial charge in [0.2, 0.25) is 5.52 Å². The highest BCUT2D eigenvalue weighted by Gasteiger charge is 2.26. The predicted octanol–water partition coefficient (Wildman–Crippen LogP) is 6.28. The molecular formula is C28H29N2Si+. The third-order valence-corrected chi connectivity index (χ3v) is 9.33. The zero-order valence-corrected chi connectivity index (χ0v) is 20.5. The summed E-state index contributed by atoms with van der Waals surface area (Å²) in [5, 5.41) is 8.36. The summed E-state index contributed by atoms with van der Waals surface area (Å²) in [4.78, 5) is 0. The van der Waals surface area contributed by atoms with E-state index in [9.17, 15) is 0 Å². The molecule has 0 fully saturated rings. The quantitative estimate of drug-likeness (QED) is 0.128. The minimum Gasteiger partial charge on any atom is -0.307 e. The standard InChI is InChI=1S/C28H29N2Si/c1-16-8-9-21-22-12-17(2)18(3)13-23(22)30-24-15-20(31(5,6)7)14-19-10-11-29(4)28(26(19)24)25(16)27(21)30/h8-15H,1-7H3/q+1. The molecule has 2 nitrogen and oxygen atoms in total. The number of nitrogens with zero attached hydrogens (tertiary/aromatic N) is 2. The number of fused-ring (bicyclic) bond motifs is 5. The topological polar surface area (TPSA) is 8.29 Å². The van der Waals surface area contributed by atoms with Crippen molar-refractivity contribution in [1.82, 2.24) is 4.40 Å². The summed E-state index contributed by atoms with van der Waals surface area (Å²) in [6.45, 7) is 14.1. The van der Waals surface area contributed by atoms with Crippen LogP contribution in [-0.4, -0.2) is 12.5 Å². The first kappa shape index (κ1) is 18.8. The monoisotopic (exact) mass is 421 g/mol. The maximum atomic E-state index is 2.57. The third kappa shape index (κ3) is 2.35. The van der Waals surface area contributed by atoms with Crippen molar-refractivity contribution in [3.63, 3.8) is 0 Å². The van der Waals surface area contributed by atoms with Crippen LogP contribution in [0.15, 0.2) is 48.7 Å². The van der Waals surface area contributed by atoms with Gasteiger partial charge in [-0.05, 0) is 61.0 Å². The maximum Gasteiger partial charge on any atom is 0.224 e. The number of aryl methyl sites for hydroxylation is 4. The maximum absolute atomic E-state index is 2.57. The molecule has 0 aliphatic rings. The Labute approximate surface area is 184 Å². The van der Waals surface area contributed by atoms with E-state index in [2.05, 4.69) is 105 Å². The predicted molar refractivity (Wildman–Crippen MR) is 137 cm³/mol. The second-order valence-corrected chi connectivity index (χ2v) is 15.5. The molecule has 0 amide bonds. The van der Waals surface area contributed by atoms with Gasteiger partial charge in [0.15, 0.2) is 6.20 Å². The molecule has 3 heteroatoms. The molecule has 0 bridgehead atoms. The molecular weight excluding hydrogens is 392 g/mol. The van der Waals surface area contributed by atoms with Crippen molar-refractivity contribution in [2.75, 3.05) is 0 Å². The lowest BCUT2D eigenvalue weighted by atomic mass is 9.99. The van der Waals surface area contributed by atoms with Gasteiger partial charge >= 0.3 is 0 Å². The molecule has 6 aromatic rings. The average Bonchev–Trinajstić information content (AvgIpc) is 3.01. The summed E-state index contributed by atoms with van der Waals surface area (Å²) < 4.78 is 4.89. The smallest absolute Gasteiger partial charge is 0.224 e. The largest absolute Gasteiger partial charge is 0.307 e. The summed E-state index contributed by atoms with van der Waals surface area (Å²) in [6.07, 6.45) is 2.24. The normalized spacial score (nSPS) is 13.0. The highest BCUT2D eigenvalue weighted by atomic mass is 28.3. The van der Waals surface area contributed by atoms with Crippen LogP contribution in [-0.2, 0) is 7.05 Å². The number of pyridine rings is 2. The SMILES string of the molecule is Cc1cc2c3ccc(C)c4c3n(c2cc1C)c1cc([Si](C)(C)C)cc2cc[n+](C)c4c21. The fourth-order valence-corrected chi connectivity index (χ4v) is 6.56. The Bertz CT molecular complexity index is 1700. The highest BCUT2D eigenvalue weighted by molar-refractivity contribution is 6.89. The summed E-state index contributed by atoms with van der Waals surface area (Å²) in [5.74, 6) is 0. The second-order valence-electron chi connectivity index (χ2n) is 10.4. The molecule has 0 radical (unpaired) electrons. The molecule has 0 aliphatic heterocycles. The Hall–Kier alpha value is -2.91. The summed E-state index contributed by atoms with van der Waals surface area (Å²) in [6, 6.07) is 16.7. The van der Waals surface area contributed by atoms with Crippen LogP contribution in [0.5, 0.6) is 0 Å². The van der Waals surface area contributed by atoms with Crippen molar-refractivity contribution in [2.24, 2.45) is 7.05 Å². The van der Waals surface area contributed by atoms with E-state index in [0.29, 0.717) is 0 Å². The van der Waals surface area contributed by atoms with E-state index in [4.69, 9.17) is 0 Å². The van der Waals surface area contributed by atoms with Crippen LogP contribution in [0, 0.1) is 20.8 Å². The van der Waals surface area contributed by atoms with Crippen molar-refractivity contribution in [3.8, 4) is 0 Å². The van der Waals surface area contributed by atoms with Gasteiger partial charge < -0.3 is 4.40 Å². The van der Waals surface area contributed by atoms with Crippen molar-refractivity contribution >= 4 is 62.3 Å². The van der Waals surface area contributed by atoms with Crippen LogP contribution in [0.1, 0.15) is 16.7 Å². The van der Waals surface area contributed by atoms with E-state index in [1.54, 1.807) is 0 Å². The zero-order valence-electron chi connectivity index (χ0n) is 19.5. The minimum absolute atomic E-state index is 1.33. The molecule has 154 valence electrons. The highest BCUT2D eigenvalue weighted by Crippen LogP contribution is 2.41. The van der Waals surface area contributed by atoms with Crippen LogP contribution < -0.4 is 9.75 Å². The van der Waals surface area contributed by atoms with E-state index in [-0.39, 0.29) is 0 Å². The lowest BCUT2D eigenvalue weighted by molar-refractivity contribution is -0.643. The van der Waals surface area contributed by atoms with Gasteiger partial charge in [0.05, 0.1) is 35.4 Å². The van der Waals surface area contributed by atoms with Gasteiger partial charge in [0.1, 0.15) is 7.05 Å². The van der Waals surface area contributed by atoms with Gasteiger partial charge in [0.25, 0.3) is 0 Å². The molecule has 3 heterocycles.